The molecule has 1 atom stereocenters. The number of aliphatic carboxylic acids is 1. The lowest BCUT2D eigenvalue weighted by molar-refractivity contribution is -0.154. The van der Waals surface area contributed by atoms with E-state index in [1.54, 1.807) is 25.6 Å². The summed E-state index contributed by atoms with van der Waals surface area (Å²) < 4.78 is 5.07. The monoisotopic (exact) mass is 279 g/mol. The van der Waals surface area contributed by atoms with Crippen LogP contribution in [0.5, 0.6) is 0 Å². The van der Waals surface area contributed by atoms with Crippen LogP contribution in [0, 0.1) is 5.41 Å². The molecule has 2 heterocycles. The van der Waals surface area contributed by atoms with Crippen LogP contribution in [0.15, 0.2) is 18.5 Å². The van der Waals surface area contributed by atoms with E-state index in [2.05, 4.69) is 14.9 Å². The molecule has 6 nitrogen and oxygen atoms in total. The molecule has 1 fully saturated rings. The molecule has 0 unspecified atom stereocenters. The van der Waals surface area contributed by atoms with Gasteiger partial charge in [-0.15, -0.1) is 0 Å². The van der Waals surface area contributed by atoms with Gasteiger partial charge in [-0.05, 0) is 31.9 Å². The molecule has 2 rings (SSSR count). The number of ether oxygens (including phenoxy) is 1. The van der Waals surface area contributed by atoms with Crippen molar-refractivity contribution in [1.29, 1.82) is 0 Å². The number of methoxy groups -OCH3 is 1. The molecule has 0 saturated carbocycles. The van der Waals surface area contributed by atoms with E-state index in [4.69, 9.17) is 4.74 Å². The molecular weight excluding hydrogens is 258 g/mol. The van der Waals surface area contributed by atoms with Crippen LogP contribution >= 0.6 is 0 Å². The summed E-state index contributed by atoms with van der Waals surface area (Å²) in [5.41, 5.74) is -0.705. The summed E-state index contributed by atoms with van der Waals surface area (Å²) in [6.07, 6.45) is 5.55. The van der Waals surface area contributed by atoms with Gasteiger partial charge in [0.25, 0.3) is 0 Å². The van der Waals surface area contributed by atoms with Gasteiger partial charge in [0.2, 0.25) is 0 Å². The maximum Gasteiger partial charge on any atom is 0.311 e. The van der Waals surface area contributed by atoms with Gasteiger partial charge in [0, 0.05) is 32.7 Å². The van der Waals surface area contributed by atoms with Gasteiger partial charge in [-0.1, -0.05) is 0 Å². The van der Waals surface area contributed by atoms with Crippen LogP contribution in [0.2, 0.25) is 0 Å². The summed E-state index contributed by atoms with van der Waals surface area (Å²) in [4.78, 5) is 22.2. The number of carboxylic acids is 1. The lowest BCUT2D eigenvalue weighted by Crippen LogP contribution is -2.48. The largest absolute Gasteiger partial charge is 0.481 e. The molecular formula is C14H21N3O3. The number of aromatic nitrogens is 2. The molecule has 0 bridgehead atoms. The normalized spacial score (nSPS) is 23.6. The molecule has 0 spiro atoms. The lowest BCUT2D eigenvalue weighted by atomic mass is 9.77. The van der Waals surface area contributed by atoms with Crippen LogP contribution in [0.4, 0.5) is 0 Å². The number of nitrogens with zero attached hydrogens (tertiary/aromatic N) is 3. The van der Waals surface area contributed by atoms with Gasteiger partial charge in [0.1, 0.15) is 5.82 Å². The van der Waals surface area contributed by atoms with Crippen molar-refractivity contribution in [1.82, 2.24) is 14.9 Å². The molecule has 0 aliphatic carbocycles. The zero-order chi connectivity index (χ0) is 14.4. The van der Waals surface area contributed by atoms with Crippen molar-refractivity contribution >= 4 is 5.97 Å². The van der Waals surface area contributed by atoms with Crippen molar-refractivity contribution in [3.05, 3.63) is 24.3 Å². The average Bonchev–Trinajstić information content (AvgIpc) is 2.46. The third-order valence-electron chi connectivity index (χ3n) is 3.88. The van der Waals surface area contributed by atoms with Crippen LogP contribution in [-0.2, 0) is 16.1 Å². The molecule has 1 aliphatic heterocycles. The second-order valence-corrected chi connectivity index (χ2v) is 5.31. The summed E-state index contributed by atoms with van der Waals surface area (Å²) >= 11 is 0. The zero-order valence-electron chi connectivity index (χ0n) is 11.8. The SMILES string of the molecule is COCC[C@]1(C(=O)O)CCCN(Cc2ncccn2)C1. The Labute approximate surface area is 118 Å². The van der Waals surface area contributed by atoms with Crippen molar-refractivity contribution in [2.45, 2.75) is 25.8 Å². The molecule has 0 radical (unpaired) electrons. The third-order valence-corrected chi connectivity index (χ3v) is 3.88. The van der Waals surface area contributed by atoms with Gasteiger partial charge < -0.3 is 9.84 Å². The van der Waals surface area contributed by atoms with Crippen molar-refractivity contribution in [2.75, 3.05) is 26.8 Å². The van der Waals surface area contributed by atoms with Crippen LogP contribution in [-0.4, -0.2) is 52.7 Å². The number of likely N-dealkylation sites (tertiary alicyclic amines) is 1. The highest BCUT2D eigenvalue weighted by atomic mass is 16.5. The molecule has 1 N–H and O–H groups in total. The fourth-order valence-corrected chi connectivity index (χ4v) is 2.76. The maximum atomic E-state index is 11.7. The Hall–Kier alpha value is -1.53. The first-order valence-electron chi connectivity index (χ1n) is 6.87. The average molecular weight is 279 g/mol. The number of hydrogen-bond acceptors (Lipinski definition) is 5. The van der Waals surface area contributed by atoms with Crippen molar-refractivity contribution in [2.24, 2.45) is 5.41 Å². The number of carboxylic acid groups (broad SMARTS) is 1. The van der Waals surface area contributed by atoms with Gasteiger partial charge in [-0.2, -0.15) is 0 Å². The van der Waals surface area contributed by atoms with Gasteiger partial charge in [0.15, 0.2) is 0 Å². The van der Waals surface area contributed by atoms with Gasteiger partial charge in [-0.3, -0.25) is 9.69 Å². The third kappa shape index (κ3) is 3.52. The van der Waals surface area contributed by atoms with Crippen LogP contribution in [0.3, 0.4) is 0 Å². The molecule has 20 heavy (non-hydrogen) atoms. The number of rotatable bonds is 6. The van der Waals surface area contributed by atoms with E-state index in [1.807, 2.05) is 0 Å². The summed E-state index contributed by atoms with van der Waals surface area (Å²) in [5, 5.41) is 9.59. The molecule has 1 aromatic rings. The quantitative estimate of drug-likeness (QED) is 0.842. The number of piperidine rings is 1. The lowest BCUT2D eigenvalue weighted by Gasteiger charge is -2.39. The molecule has 0 amide bonds. The molecule has 110 valence electrons. The van der Waals surface area contributed by atoms with E-state index in [9.17, 15) is 9.90 Å². The van der Waals surface area contributed by atoms with E-state index >= 15 is 0 Å². The first kappa shape index (κ1) is 14.9. The number of hydrogen-bond donors (Lipinski definition) is 1. The fraction of sp³-hybridized carbons (Fsp3) is 0.643. The molecule has 6 heteroatoms. The van der Waals surface area contributed by atoms with Crippen molar-refractivity contribution in [3.63, 3.8) is 0 Å². The van der Waals surface area contributed by atoms with Gasteiger partial charge >= 0.3 is 5.97 Å². The fourth-order valence-electron chi connectivity index (χ4n) is 2.76. The predicted molar refractivity (Wildman–Crippen MR) is 73.1 cm³/mol. The minimum absolute atomic E-state index is 0.474. The first-order valence-corrected chi connectivity index (χ1v) is 6.87. The van der Waals surface area contributed by atoms with E-state index in [1.165, 1.54) is 0 Å². The summed E-state index contributed by atoms with van der Waals surface area (Å²) in [6.45, 7) is 2.50. The minimum atomic E-state index is -0.728. The Morgan fingerprint density at radius 2 is 2.25 bits per heavy atom. The van der Waals surface area contributed by atoms with Crippen LogP contribution < -0.4 is 0 Å². The molecule has 1 aliphatic rings. The predicted octanol–water partition coefficient (Wildman–Crippen LogP) is 1.18. The van der Waals surface area contributed by atoms with E-state index in [0.29, 0.717) is 32.5 Å². The van der Waals surface area contributed by atoms with E-state index in [0.717, 1.165) is 18.8 Å². The standard InChI is InChI=1S/C14H21N3O3/c1-20-9-5-14(13(18)19)4-2-8-17(11-14)10-12-15-6-3-7-16-12/h3,6-7H,2,4-5,8-11H2,1H3,(H,18,19)/t14-/m1/s1. The summed E-state index contributed by atoms with van der Waals surface area (Å²) in [6, 6.07) is 1.78. The smallest absolute Gasteiger partial charge is 0.311 e. The Balaban J connectivity index is 2.04. The molecule has 0 aromatic carbocycles. The second kappa shape index (κ2) is 6.76. The van der Waals surface area contributed by atoms with Crippen molar-refractivity contribution < 1.29 is 14.6 Å². The molecule has 1 saturated heterocycles. The minimum Gasteiger partial charge on any atom is -0.481 e. The first-order chi connectivity index (χ1) is 9.66. The Morgan fingerprint density at radius 1 is 1.50 bits per heavy atom. The zero-order valence-corrected chi connectivity index (χ0v) is 11.8. The maximum absolute atomic E-state index is 11.7. The summed E-state index contributed by atoms with van der Waals surface area (Å²) in [7, 11) is 1.61. The van der Waals surface area contributed by atoms with Crippen LogP contribution in [0.1, 0.15) is 25.1 Å². The van der Waals surface area contributed by atoms with E-state index < -0.39 is 11.4 Å². The Morgan fingerprint density at radius 3 is 2.90 bits per heavy atom. The van der Waals surface area contributed by atoms with Gasteiger partial charge in [-0.25, -0.2) is 9.97 Å². The van der Waals surface area contributed by atoms with E-state index in [-0.39, 0.29) is 0 Å². The second-order valence-electron chi connectivity index (χ2n) is 5.31. The molecule has 1 aromatic heterocycles. The van der Waals surface area contributed by atoms with Gasteiger partial charge in [0.05, 0.1) is 12.0 Å². The Bertz CT molecular complexity index is 441. The van der Waals surface area contributed by atoms with Crippen molar-refractivity contribution in [3.8, 4) is 0 Å². The topological polar surface area (TPSA) is 75.6 Å². The highest BCUT2D eigenvalue weighted by molar-refractivity contribution is 5.75. The van der Waals surface area contributed by atoms with Crippen LogP contribution in [0.25, 0.3) is 0 Å². The highest BCUT2D eigenvalue weighted by Crippen LogP contribution is 2.34. The summed E-state index contributed by atoms with van der Waals surface area (Å²) in [5.74, 6) is 0.00802. The Kier molecular flexibility index (Phi) is 5.03. The highest BCUT2D eigenvalue weighted by Gasteiger charge is 2.42. The number of carbonyl (C=O) groups is 1.